The number of nitrogens with one attached hydrogen (secondary N) is 1. The fraction of sp³-hybridized carbons (Fsp3) is 0.778. The van der Waals surface area contributed by atoms with Gasteiger partial charge < -0.3 is 15.3 Å². The first-order valence-electron chi connectivity index (χ1n) is 4.88. The van der Waals surface area contributed by atoms with Gasteiger partial charge in [0.1, 0.15) is 6.04 Å². The molecule has 2 N–H and O–H groups in total. The second-order valence-electron chi connectivity index (χ2n) is 4.00. The number of piperazine rings is 1. The van der Waals surface area contributed by atoms with Gasteiger partial charge in [0.2, 0.25) is 5.91 Å². The SMILES string of the molecule is CN(C)CCN1CC(=O)NC(C(=O)O)C1. The number of carbonyl (C=O) groups is 2. The fourth-order valence-electron chi connectivity index (χ4n) is 1.46. The van der Waals surface area contributed by atoms with Crippen LogP contribution in [0.3, 0.4) is 0 Å². The van der Waals surface area contributed by atoms with E-state index in [4.69, 9.17) is 5.11 Å². The average Bonchev–Trinajstić information content (AvgIpc) is 2.13. The van der Waals surface area contributed by atoms with E-state index in [1.165, 1.54) is 0 Å². The molecule has 1 saturated heterocycles. The first kappa shape index (κ1) is 11.9. The second-order valence-corrected chi connectivity index (χ2v) is 4.00. The van der Waals surface area contributed by atoms with E-state index in [9.17, 15) is 9.59 Å². The monoisotopic (exact) mass is 215 g/mol. The van der Waals surface area contributed by atoms with E-state index in [2.05, 4.69) is 5.32 Å². The molecule has 1 atom stereocenters. The molecule has 6 nitrogen and oxygen atoms in total. The molecule has 86 valence electrons. The second kappa shape index (κ2) is 5.09. The molecule has 1 aliphatic rings. The smallest absolute Gasteiger partial charge is 0.327 e. The van der Waals surface area contributed by atoms with Gasteiger partial charge in [0.25, 0.3) is 0 Å². The summed E-state index contributed by atoms with van der Waals surface area (Å²) in [5.74, 6) is -1.19. The largest absolute Gasteiger partial charge is 0.480 e. The van der Waals surface area contributed by atoms with Crippen LogP contribution in [-0.4, -0.2) is 73.1 Å². The molecular formula is C9H17N3O3. The van der Waals surface area contributed by atoms with E-state index in [0.717, 1.165) is 6.54 Å². The lowest BCUT2D eigenvalue weighted by molar-refractivity contribution is -0.144. The summed E-state index contributed by atoms with van der Waals surface area (Å²) in [7, 11) is 3.89. The van der Waals surface area contributed by atoms with Crippen LogP contribution in [0.2, 0.25) is 0 Å². The highest BCUT2D eigenvalue weighted by atomic mass is 16.4. The zero-order chi connectivity index (χ0) is 11.4. The Kier molecular flexibility index (Phi) is 4.05. The first-order chi connectivity index (χ1) is 6.99. The lowest BCUT2D eigenvalue weighted by Gasteiger charge is -2.31. The summed E-state index contributed by atoms with van der Waals surface area (Å²) in [5, 5.41) is 11.2. The maximum Gasteiger partial charge on any atom is 0.327 e. The number of amides is 1. The van der Waals surface area contributed by atoms with Crippen LogP contribution in [0.25, 0.3) is 0 Å². The predicted molar refractivity (Wildman–Crippen MR) is 54.6 cm³/mol. The van der Waals surface area contributed by atoms with E-state index >= 15 is 0 Å². The molecule has 0 aliphatic carbocycles. The van der Waals surface area contributed by atoms with Crippen molar-refractivity contribution in [1.82, 2.24) is 15.1 Å². The predicted octanol–water partition coefficient (Wildman–Crippen LogP) is -1.57. The zero-order valence-electron chi connectivity index (χ0n) is 9.06. The van der Waals surface area contributed by atoms with Gasteiger partial charge in [0.15, 0.2) is 0 Å². The van der Waals surface area contributed by atoms with Crippen LogP contribution in [0.4, 0.5) is 0 Å². The Morgan fingerprint density at radius 2 is 2.33 bits per heavy atom. The van der Waals surface area contributed by atoms with Crippen molar-refractivity contribution in [3.63, 3.8) is 0 Å². The summed E-state index contributed by atoms with van der Waals surface area (Å²) < 4.78 is 0. The molecule has 0 aromatic rings. The van der Waals surface area contributed by atoms with Crippen molar-refractivity contribution in [3.05, 3.63) is 0 Å². The summed E-state index contributed by atoms with van der Waals surface area (Å²) in [6.07, 6.45) is 0. The number of hydrogen-bond donors (Lipinski definition) is 2. The minimum absolute atomic E-state index is 0.215. The molecular weight excluding hydrogens is 198 g/mol. The normalized spacial score (nSPS) is 22.9. The number of nitrogens with zero attached hydrogens (tertiary/aromatic N) is 2. The van der Waals surface area contributed by atoms with E-state index in [-0.39, 0.29) is 12.5 Å². The van der Waals surface area contributed by atoms with E-state index < -0.39 is 12.0 Å². The summed E-state index contributed by atoms with van der Waals surface area (Å²) in [5.41, 5.74) is 0. The lowest BCUT2D eigenvalue weighted by Crippen LogP contribution is -2.57. The van der Waals surface area contributed by atoms with Gasteiger partial charge >= 0.3 is 5.97 Å². The summed E-state index contributed by atoms with van der Waals surface area (Å²) in [6, 6.07) is -0.770. The average molecular weight is 215 g/mol. The van der Waals surface area contributed by atoms with Crippen LogP contribution in [-0.2, 0) is 9.59 Å². The Morgan fingerprint density at radius 3 is 2.87 bits per heavy atom. The molecule has 1 heterocycles. The number of rotatable bonds is 4. The Bertz CT molecular complexity index is 255. The lowest BCUT2D eigenvalue weighted by atomic mass is 10.2. The first-order valence-corrected chi connectivity index (χ1v) is 4.88. The van der Waals surface area contributed by atoms with E-state index in [1.807, 2.05) is 23.9 Å². The van der Waals surface area contributed by atoms with Gasteiger partial charge in [0.05, 0.1) is 6.54 Å². The number of aliphatic carboxylic acids is 1. The molecule has 0 aromatic carbocycles. The topological polar surface area (TPSA) is 72.9 Å². The molecule has 1 fully saturated rings. The molecule has 0 spiro atoms. The Balaban J connectivity index is 2.44. The van der Waals surface area contributed by atoms with Gasteiger partial charge in [-0.2, -0.15) is 0 Å². The van der Waals surface area contributed by atoms with Crippen molar-refractivity contribution in [2.45, 2.75) is 6.04 Å². The zero-order valence-corrected chi connectivity index (χ0v) is 9.06. The highest BCUT2D eigenvalue weighted by Crippen LogP contribution is 2.00. The maximum atomic E-state index is 11.2. The third kappa shape index (κ3) is 3.85. The van der Waals surface area contributed by atoms with Gasteiger partial charge in [-0.15, -0.1) is 0 Å². The minimum atomic E-state index is -0.974. The number of carboxylic acid groups (broad SMARTS) is 1. The van der Waals surface area contributed by atoms with Crippen LogP contribution >= 0.6 is 0 Å². The highest BCUT2D eigenvalue weighted by molar-refractivity contribution is 5.86. The minimum Gasteiger partial charge on any atom is -0.480 e. The molecule has 1 amide bonds. The summed E-state index contributed by atoms with van der Waals surface area (Å²) in [4.78, 5) is 25.8. The van der Waals surface area contributed by atoms with Crippen LogP contribution in [0.5, 0.6) is 0 Å². The molecule has 1 aliphatic heterocycles. The number of likely N-dealkylation sites (N-methyl/N-ethyl adjacent to an activating group) is 1. The molecule has 1 unspecified atom stereocenters. The van der Waals surface area contributed by atoms with Crippen molar-refractivity contribution in [1.29, 1.82) is 0 Å². The van der Waals surface area contributed by atoms with E-state index in [0.29, 0.717) is 13.1 Å². The van der Waals surface area contributed by atoms with Crippen LogP contribution < -0.4 is 5.32 Å². The van der Waals surface area contributed by atoms with Crippen molar-refractivity contribution in [2.24, 2.45) is 0 Å². The standard InChI is InChI=1S/C9H17N3O3/c1-11(2)3-4-12-5-7(9(14)15)10-8(13)6-12/h7H,3-6H2,1-2H3,(H,10,13)(H,14,15). The van der Waals surface area contributed by atoms with Gasteiger partial charge in [-0.25, -0.2) is 4.79 Å². The Morgan fingerprint density at radius 1 is 1.67 bits per heavy atom. The number of carbonyl (C=O) groups excluding carboxylic acids is 1. The van der Waals surface area contributed by atoms with Crippen LogP contribution in [0.15, 0.2) is 0 Å². The molecule has 0 aromatic heterocycles. The van der Waals surface area contributed by atoms with Crippen molar-refractivity contribution >= 4 is 11.9 Å². The Labute approximate surface area is 88.8 Å². The number of hydrogen-bond acceptors (Lipinski definition) is 4. The maximum absolute atomic E-state index is 11.2. The third-order valence-electron chi connectivity index (χ3n) is 2.30. The third-order valence-corrected chi connectivity index (χ3v) is 2.30. The van der Waals surface area contributed by atoms with Crippen LogP contribution in [0, 0.1) is 0 Å². The Hall–Kier alpha value is -1.14. The van der Waals surface area contributed by atoms with Gasteiger partial charge in [-0.05, 0) is 14.1 Å². The van der Waals surface area contributed by atoms with Crippen LogP contribution in [0.1, 0.15) is 0 Å². The van der Waals surface area contributed by atoms with Gasteiger partial charge in [0, 0.05) is 19.6 Å². The van der Waals surface area contributed by atoms with Crippen molar-refractivity contribution in [3.8, 4) is 0 Å². The summed E-state index contributed by atoms with van der Waals surface area (Å²) >= 11 is 0. The molecule has 0 bridgehead atoms. The van der Waals surface area contributed by atoms with E-state index in [1.54, 1.807) is 0 Å². The summed E-state index contributed by atoms with van der Waals surface area (Å²) in [6.45, 7) is 2.20. The molecule has 1 rings (SSSR count). The quantitative estimate of drug-likeness (QED) is 0.593. The molecule has 15 heavy (non-hydrogen) atoms. The van der Waals surface area contributed by atoms with Crippen molar-refractivity contribution in [2.75, 3.05) is 40.3 Å². The fourth-order valence-corrected chi connectivity index (χ4v) is 1.46. The van der Waals surface area contributed by atoms with Gasteiger partial charge in [-0.1, -0.05) is 0 Å². The molecule has 0 radical (unpaired) electrons. The molecule has 0 saturated carbocycles. The molecule has 6 heteroatoms. The highest BCUT2D eigenvalue weighted by Gasteiger charge is 2.28. The number of carboxylic acids is 1. The van der Waals surface area contributed by atoms with Crippen molar-refractivity contribution < 1.29 is 14.7 Å². The van der Waals surface area contributed by atoms with Gasteiger partial charge in [-0.3, -0.25) is 9.69 Å².